The van der Waals surface area contributed by atoms with E-state index in [-0.39, 0.29) is 6.03 Å². The summed E-state index contributed by atoms with van der Waals surface area (Å²) in [6, 6.07) is 8.24. The van der Waals surface area contributed by atoms with Gasteiger partial charge in [-0.25, -0.2) is 4.79 Å². The number of benzene rings is 1. The van der Waals surface area contributed by atoms with E-state index < -0.39 is 0 Å². The van der Waals surface area contributed by atoms with E-state index in [1.54, 1.807) is 4.90 Å². The number of likely N-dealkylation sites (N-methyl/N-ethyl adjacent to an activating group) is 1. The Balaban J connectivity index is 1.86. The predicted octanol–water partition coefficient (Wildman–Crippen LogP) is 2.21. The van der Waals surface area contributed by atoms with E-state index in [2.05, 4.69) is 10.6 Å². The van der Waals surface area contributed by atoms with Crippen LogP contribution in [0, 0.1) is 6.92 Å². The first-order valence-corrected chi connectivity index (χ1v) is 6.47. The fourth-order valence-corrected chi connectivity index (χ4v) is 2.27. The molecular formula is C14H21N3O. The largest absolute Gasteiger partial charge is 0.326 e. The Labute approximate surface area is 108 Å². The molecule has 1 heterocycles. The zero-order valence-corrected chi connectivity index (χ0v) is 11.1. The Kier molecular flexibility index (Phi) is 4.20. The van der Waals surface area contributed by atoms with Gasteiger partial charge in [-0.1, -0.05) is 12.1 Å². The van der Waals surface area contributed by atoms with Crippen LogP contribution < -0.4 is 10.6 Å². The Morgan fingerprint density at radius 3 is 3.06 bits per heavy atom. The average molecular weight is 247 g/mol. The Bertz CT molecular complexity index is 413. The zero-order chi connectivity index (χ0) is 13.0. The number of aryl methyl sites for hydroxylation is 1. The second-order valence-corrected chi connectivity index (χ2v) is 4.97. The minimum absolute atomic E-state index is 0.0469. The minimum Gasteiger partial charge on any atom is -0.326 e. The van der Waals surface area contributed by atoms with Crippen LogP contribution in [0.4, 0.5) is 10.5 Å². The molecule has 1 aromatic rings. The molecule has 2 amide bonds. The lowest BCUT2D eigenvalue weighted by Crippen LogP contribution is -2.40. The molecule has 4 nitrogen and oxygen atoms in total. The van der Waals surface area contributed by atoms with E-state index in [1.807, 2.05) is 38.2 Å². The van der Waals surface area contributed by atoms with Crippen molar-refractivity contribution in [2.45, 2.75) is 25.8 Å². The maximum absolute atomic E-state index is 12.0. The van der Waals surface area contributed by atoms with Gasteiger partial charge < -0.3 is 15.5 Å². The molecule has 0 aliphatic carbocycles. The number of amides is 2. The first kappa shape index (κ1) is 12.9. The van der Waals surface area contributed by atoms with Crippen LogP contribution in [0.2, 0.25) is 0 Å². The minimum atomic E-state index is -0.0469. The van der Waals surface area contributed by atoms with E-state index in [9.17, 15) is 4.79 Å². The van der Waals surface area contributed by atoms with E-state index >= 15 is 0 Å². The van der Waals surface area contributed by atoms with Gasteiger partial charge in [0.05, 0.1) is 0 Å². The quantitative estimate of drug-likeness (QED) is 0.860. The first-order chi connectivity index (χ1) is 8.65. The number of anilines is 1. The van der Waals surface area contributed by atoms with Crippen molar-refractivity contribution in [2.75, 3.05) is 25.5 Å². The number of carbonyl (C=O) groups is 1. The average Bonchev–Trinajstić information content (AvgIpc) is 2.81. The molecular weight excluding hydrogens is 226 g/mol. The van der Waals surface area contributed by atoms with Crippen molar-refractivity contribution in [1.82, 2.24) is 10.2 Å². The third-order valence-corrected chi connectivity index (χ3v) is 3.27. The monoisotopic (exact) mass is 247 g/mol. The third-order valence-electron chi connectivity index (χ3n) is 3.27. The molecule has 1 aliphatic heterocycles. The second kappa shape index (κ2) is 5.87. The van der Waals surface area contributed by atoms with Gasteiger partial charge in [0, 0.05) is 25.3 Å². The maximum Gasteiger partial charge on any atom is 0.321 e. The van der Waals surface area contributed by atoms with E-state index in [0.29, 0.717) is 6.04 Å². The molecule has 1 aromatic carbocycles. The number of nitrogens with one attached hydrogen (secondary N) is 2. The molecule has 0 bridgehead atoms. The lowest BCUT2D eigenvalue weighted by molar-refractivity contribution is 0.218. The molecule has 2 N–H and O–H groups in total. The molecule has 18 heavy (non-hydrogen) atoms. The second-order valence-electron chi connectivity index (χ2n) is 4.97. The lowest BCUT2D eigenvalue weighted by atomic mass is 10.2. The molecule has 2 rings (SSSR count). The number of hydrogen-bond donors (Lipinski definition) is 2. The van der Waals surface area contributed by atoms with Gasteiger partial charge in [-0.15, -0.1) is 0 Å². The Morgan fingerprint density at radius 1 is 1.56 bits per heavy atom. The number of urea groups is 1. The van der Waals surface area contributed by atoms with Crippen molar-refractivity contribution in [3.05, 3.63) is 29.8 Å². The Morgan fingerprint density at radius 2 is 2.39 bits per heavy atom. The summed E-state index contributed by atoms with van der Waals surface area (Å²) in [4.78, 5) is 13.7. The lowest BCUT2D eigenvalue weighted by Gasteiger charge is -2.21. The van der Waals surface area contributed by atoms with Gasteiger partial charge in [-0.2, -0.15) is 0 Å². The zero-order valence-electron chi connectivity index (χ0n) is 11.1. The molecule has 0 radical (unpaired) electrons. The van der Waals surface area contributed by atoms with Crippen LogP contribution in [-0.4, -0.2) is 37.1 Å². The normalized spacial score (nSPS) is 18.7. The topological polar surface area (TPSA) is 44.4 Å². The van der Waals surface area contributed by atoms with Gasteiger partial charge in [0.1, 0.15) is 0 Å². The van der Waals surface area contributed by atoms with E-state index in [4.69, 9.17) is 0 Å². The number of hydrogen-bond acceptors (Lipinski definition) is 2. The van der Waals surface area contributed by atoms with Gasteiger partial charge in [-0.05, 0) is 44.0 Å². The molecule has 0 spiro atoms. The summed E-state index contributed by atoms with van der Waals surface area (Å²) in [6.07, 6.45) is 2.36. The highest BCUT2D eigenvalue weighted by Gasteiger charge is 2.18. The first-order valence-electron chi connectivity index (χ1n) is 6.47. The van der Waals surface area contributed by atoms with Crippen molar-refractivity contribution in [2.24, 2.45) is 0 Å². The molecule has 0 saturated carbocycles. The molecule has 1 saturated heterocycles. The van der Waals surface area contributed by atoms with Crippen LogP contribution in [0.15, 0.2) is 24.3 Å². The van der Waals surface area contributed by atoms with E-state index in [1.165, 1.54) is 6.42 Å². The predicted molar refractivity (Wildman–Crippen MR) is 73.9 cm³/mol. The highest BCUT2D eigenvalue weighted by molar-refractivity contribution is 5.89. The molecule has 1 fully saturated rings. The number of rotatable bonds is 3. The molecule has 1 aliphatic rings. The van der Waals surface area contributed by atoms with Crippen LogP contribution in [0.5, 0.6) is 0 Å². The maximum atomic E-state index is 12.0. The molecule has 1 atom stereocenters. The summed E-state index contributed by atoms with van der Waals surface area (Å²) in [6.45, 7) is 3.84. The summed E-state index contributed by atoms with van der Waals surface area (Å²) in [5.41, 5.74) is 2.00. The summed E-state index contributed by atoms with van der Waals surface area (Å²) in [5, 5.41) is 6.31. The summed E-state index contributed by atoms with van der Waals surface area (Å²) >= 11 is 0. The van der Waals surface area contributed by atoms with Gasteiger partial charge in [0.2, 0.25) is 0 Å². The van der Waals surface area contributed by atoms with Crippen molar-refractivity contribution >= 4 is 11.7 Å². The van der Waals surface area contributed by atoms with Gasteiger partial charge >= 0.3 is 6.03 Å². The van der Waals surface area contributed by atoms with Crippen molar-refractivity contribution in [1.29, 1.82) is 0 Å². The third kappa shape index (κ3) is 3.47. The Hall–Kier alpha value is -1.55. The van der Waals surface area contributed by atoms with Crippen LogP contribution in [0.25, 0.3) is 0 Å². The SMILES string of the molecule is Cc1cccc(NC(=O)N(C)CC2CCCN2)c1. The standard InChI is InChI=1S/C14H21N3O/c1-11-5-3-6-12(9-11)16-14(18)17(2)10-13-7-4-8-15-13/h3,5-6,9,13,15H,4,7-8,10H2,1-2H3,(H,16,18). The summed E-state index contributed by atoms with van der Waals surface area (Å²) < 4.78 is 0. The highest BCUT2D eigenvalue weighted by Crippen LogP contribution is 2.11. The van der Waals surface area contributed by atoms with Crippen LogP contribution in [0.1, 0.15) is 18.4 Å². The van der Waals surface area contributed by atoms with Gasteiger partial charge in [0.15, 0.2) is 0 Å². The van der Waals surface area contributed by atoms with Gasteiger partial charge in [-0.3, -0.25) is 0 Å². The summed E-state index contributed by atoms with van der Waals surface area (Å²) in [5.74, 6) is 0. The smallest absolute Gasteiger partial charge is 0.321 e. The summed E-state index contributed by atoms with van der Waals surface area (Å²) in [7, 11) is 1.84. The molecule has 98 valence electrons. The van der Waals surface area contributed by atoms with Crippen molar-refractivity contribution in [3.63, 3.8) is 0 Å². The van der Waals surface area contributed by atoms with Crippen LogP contribution >= 0.6 is 0 Å². The van der Waals surface area contributed by atoms with Crippen molar-refractivity contribution in [3.8, 4) is 0 Å². The van der Waals surface area contributed by atoms with Crippen LogP contribution in [-0.2, 0) is 0 Å². The highest BCUT2D eigenvalue weighted by atomic mass is 16.2. The molecule has 1 unspecified atom stereocenters. The number of carbonyl (C=O) groups excluding carboxylic acids is 1. The van der Waals surface area contributed by atoms with Crippen LogP contribution in [0.3, 0.4) is 0 Å². The fourth-order valence-electron chi connectivity index (χ4n) is 2.27. The van der Waals surface area contributed by atoms with Crippen molar-refractivity contribution < 1.29 is 4.79 Å². The van der Waals surface area contributed by atoms with E-state index in [0.717, 1.165) is 30.8 Å². The van der Waals surface area contributed by atoms with Gasteiger partial charge in [0.25, 0.3) is 0 Å². The molecule has 4 heteroatoms. The fraction of sp³-hybridized carbons (Fsp3) is 0.500. The molecule has 0 aromatic heterocycles. The number of nitrogens with zero attached hydrogens (tertiary/aromatic N) is 1.